The number of esters is 1. The first-order valence-corrected chi connectivity index (χ1v) is 6.07. The van der Waals surface area contributed by atoms with E-state index in [4.69, 9.17) is 5.73 Å². The first-order chi connectivity index (χ1) is 8.38. The zero-order valence-corrected chi connectivity index (χ0v) is 10.2. The zero-order valence-electron chi connectivity index (χ0n) is 9.37. The Balaban J connectivity index is 2.29. The number of alkyl halides is 3. The lowest BCUT2D eigenvalue weighted by Gasteiger charge is -2.07. The molecule has 3 nitrogen and oxygen atoms in total. The Morgan fingerprint density at radius 3 is 2.61 bits per heavy atom. The molecule has 2 N–H and O–H groups in total. The summed E-state index contributed by atoms with van der Waals surface area (Å²) in [4.78, 5) is 11.3. The Morgan fingerprint density at radius 2 is 2.00 bits per heavy atom. The van der Waals surface area contributed by atoms with E-state index in [0.717, 1.165) is 0 Å². The van der Waals surface area contributed by atoms with Gasteiger partial charge in [0.25, 0.3) is 0 Å². The van der Waals surface area contributed by atoms with Gasteiger partial charge in [0.15, 0.2) is 0 Å². The molecule has 0 unspecified atom stereocenters. The summed E-state index contributed by atoms with van der Waals surface area (Å²) in [7, 11) is 0. The monoisotopic (exact) mass is 279 g/mol. The van der Waals surface area contributed by atoms with E-state index < -0.39 is 11.5 Å². The number of thioether (sulfide) groups is 1. The third-order valence-electron chi connectivity index (χ3n) is 2.00. The SMILES string of the molecule is Nc1ccccc1CC(=O)OCCSC(F)(F)F. The normalized spacial score (nSPS) is 11.3. The van der Waals surface area contributed by atoms with Crippen LogP contribution >= 0.6 is 11.8 Å². The van der Waals surface area contributed by atoms with Crippen molar-refractivity contribution in [1.82, 2.24) is 0 Å². The average molecular weight is 279 g/mol. The highest BCUT2D eigenvalue weighted by molar-refractivity contribution is 8.00. The molecule has 0 aromatic heterocycles. The van der Waals surface area contributed by atoms with Gasteiger partial charge >= 0.3 is 11.5 Å². The molecule has 0 atom stereocenters. The summed E-state index contributed by atoms with van der Waals surface area (Å²) in [5, 5.41) is 0. The molecule has 0 fully saturated rings. The third-order valence-corrected chi connectivity index (χ3v) is 2.70. The molecule has 100 valence electrons. The quantitative estimate of drug-likeness (QED) is 0.511. The molecule has 0 bridgehead atoms. The fourth-order valence-corrected chi connectivity index (χ4v) is 1.61. The number of anilines is 1. The van der Waals surface area contributed by atoms with Gasteiger partial charge in [-0.25, -0.2) is 0 Å². The van der Waals surface area contributed by atoms with Gasteiger partial charge in [0.05, 0.1) is 6.42 Å². The van der Waals surface area contributed by atoms with Crippen molar-refractivity contribution in [1.29, 1.82) is 0 Å². The minimum absolute atomic E-state index is 0.0383. The smallest absolute Gasteiger partial charge is 0.441 e. The van der Waals surface area contributed by atoms with Crippen LogP contribution in [0, 0.1) is 0 Å². The van der Waals surface area contributed by atoms with Crippen molar-refractivity contribution in [3.8, 4) is 0 Å². The van der Waals surface area contributed by atoms with Crippen LogP contribution in [0.2, 0.25) is 0 Å². The number of benzene rings is 1. The highest BCUT2D eigenvalue weighted by atomic mass is 32.2. The van der Waals surface area contributed by atoms with Gasteiger partial charge in [-0.3, -0.25) is 4.79 Å². The lowest BCUT2D eigenvalue weighted by molar-refractivity contribution is -0.142. The third kappa shape index (κ3) is 5.81. The molecule has 0 amide bonds. The summed E-state index contributed by atoms with van der Waals surface area (Å²) in [6.45, 7) is -0.268. The molecular weight excluding hydrogens is 267 g/mol. The number of halogens is 3. The van der Waals surface area contributed by atoms with Gasteiger partial charge < -0.3 is 10.5 Å². The highest BCUT2D eigenvalue weighted by Crippen LogP contribution is 2.29. The second kappa shape index (κ2) is 6.53. The zero-order chi connectivity index (χ0) is 13.6. The second-order valence-electron chi connectivity index (χ2n) is 3.39. The summed E-state index contributed by atoms with van der Waals surface area (Å²) >= 11 is -0.217. The topological polar surface area (TPSA) is 52.3 Å². The van der Waals surface area contributed by atoms with Crippen LogP contribution in [0.1, 0.15) is 5.56 Å². The molecule has 0 saturated heterocycles. The molecule has 1 aromatic carbocycles. The van der Waals surface area contributed by atoms with Crippen LogP contribution in [-0.4, -0.2) is 23.8 Å². The van der Waals surface area contributed by atoms with Crippen LogP contribution < -0.4 is 5.73 Å². The minimum atomic E-state index is -4.30. The van der Waals surface area contributed by atoms with Crippen molar-refractivity contribution in [3.63, 3.8) is 0 Å². The molecule has 0 radical (unpaired) electrons. The average Bonchev–Trinajstić information content (AvgIpc) is 2.26. The number of ether oxygens (including phenoxy) is 1. The van der Waals surface area contributed by atoms with Gasteiger partial charge in [0.2, 0.25) is 0 Å². The number of rotatable bonds is 5. The molecule has 1 rings (SSSR count). The Morgan fingerprint density at radius 1 is 1.33 bits per heavy atom. The number of para-hydroxylation sites is 1. The molecule has 18 heavy (non-hydrogen) atoms. The molecule has 0 saturated carbocycles. The van der Waals surface area contributed by atoms with E-state index in [0.29, 0.717) is 11.3 Å². The van der Waals surface area contributed by atoms with Crippen LogP contribution in [0.25, 0.3) is 0 Å². The van der Waals surface area contributed by atoms with Crippen molar-refractivity contribution in [3.05, 3.63) is 29.8 Å². The molecule has 0 aliphatic heterocycles. The molecule has 0 spiro atoms. The van der Waals surface area contributed by atoms with Crippen LogP contribution in [0.3, 0.4) is 0 Å². The molecule has 0 heterocycles. The van der Waals surface area contributed by atoms with Crippen LogP contribution in [0.4, 0.5) is 18.9 Å². The largest absolute Gasteiger partial charge is 0.465 e. The van der Waals surface area contributed by atoms with Crippen molar-refractivity contribution in [2.24, 2.45) is 0 Å². The number of nitrogen functional groups attached to an aromatic ring is 1. The first kappa shape index (κ1) is 14.7. The number of carbonyl (C=O) groups excluding carboxylic acids is 1. The maximum absolute atomic E-state index is 11.8. The van der Waals surface area contributed by atoms with Gasteiger partial charge in [-0.2, -0.15) is 13.2 Å². The molecule has 0 aliphatic rings. The second-order valence-corrected chi connectivity index (χ2v) is 4.55. The van der Waals surface area contributed by atoms with Gasteiger partial charge in [0, 0.05) is 11.4 Å². The predicted octanol–water partition coefficient (Wildman–Crippen LogP) is 2.61. The summed E-state index contributed by atoms with van der Waals surface area (Å²) < 4.78 is 40.0. The fraction of sp³-hybridized carbons (Fsp3) is 0.364. The van der Waals surface area contributed by atoms with E-state index in [1.54, 1.807) is 24.3 Å². The molecule has 7 heteroatoms. The molecular formula is C11H12F3NO2S. The number of nitrogens with two attached hydrogens (primary N) is 1. The van der Waals surface area contributed by atoms with E-state index in [1.807, 2.05) is 0 Å². The van der Waals surface area contributed by atoms with Crippen molar-refractivity contribution < 1.29 is 22.7 Å². The van der Waals surface area contributed by atoms with E-state index in [9.17, 15) is 18.0 Å². The van der Waals surface area contributed by atoms with Gasteiger partial charge in [-0.05, 0) is 23.4 Å². The lowest BCUT2D eigenvalue weighted by Crippen LogP contribution is -2.13. The Kier molecular flexibility index (Phi) is 5.33. The fourth-order valence-electron chi connectivity index (χ4n) is 1.21. The van der Waals surface area contributed by atoms with Crippen LogP contribution in [0.5, 0.6) is 0 Å². The number of hydrogen-bond acceptors (Lipinski definition) is 4. The van der Waals surface area contributed by atoms with Gasteiger partial charge in [0.1, 0.15) is 6.61 Å². The maximum atomic E-state index is 11.8. The predicted molar refractivity (Wildman–Crippen MR) is 64.0 cm³/mol. The number of hydrogen-bond donors (Lipinski definition) is 1. The first-order valence-electron chi connectivity index (χ1n) is 5.08. The van der Waals surface area contributed by atoms with Crippen LogP contribution in [-0.2, 0) is 16.0 Å². The lowest BCUT2D eigenvalue weighted by atomic mass is 10.1. The summed E-state index contributed by atoms with van der Waals surface area (Å²) in [5.74, 6) is -0.893. The molecule has 1 aromatic rings. The Hall–Kier alpha value is -1.37. The van der Waals surface area contributed by atoms with Gasteiger partial charge in [-0.15, -0.1) is 0 Å². The van der Waals surface area contributed by atoms with Crippen LogP contribution in [0.15, 0.2) is 24.3 Å². The van der Waals surface area contributed by atoms with E-state index in [1.165, 1.54) is 0 Å². The van der Waals surface area contributed by atoms with Crippen molar-refractivity contribution >= 4 is 23.4 Å². The van der Waals surface area contributed by atoms with E-state index >= 15 is 0 Å². The summed E-state index contributed by atoms with van der Waals surface area (Å²) in [5.41, 5.74) is 2.39. The highest BCUT2D eigenvalue weighted by Gasteiger charge is 2.27. The maximum Gasteiger partial charge on any atom is 0.441 e. The standard InChI is InChI=1S/C11H12F3NO2S/c12-11(13,14)18-6-5-17-10(16)7-8-3-1-2-4-9(8)15/h1-4H,5-7,15H2. The summed E-state index contributed by atoms with van der Waals surface area (Å²) in [6, 6.07) is 6.76. The Bertz CT molecular complexity index is 410. The van der Waals surface area contributed by atoms with Crippen molar-refractivity contribution in [2.45, 2.75) is 11.9 Å². The van der Waals surface area contributed by atoms with Gasteiger partial charge in [-0.1, -0.05) is 18.2 Å². The number of carbonyl (C=O) groups is 1. The van der Waals surface area contributed by atoms with Crippen molar-refractivity contribution in [2.75, 3.05) is 18.1 Å². The minimum Gasteiger partial charge on any atom is -0.465 e. The Labute approximate surface area is 106 Å². The van der Waals surface area contributed by atoms with E-state index in [2.05, 4.69) is 4.74 Å². The van der Waals surface area contributed by atoms with E-state index in [-0.39, 0.29) is 30.5 Å². The molecule has 0 aliphatic carbocycles. The summed E-state index contributed by atoms with van der Waals surface area (Å²) in [6.07, 6.45) is -0.0383.